The molecule has 0 heterocycles. The predicted molar refractivity (Wildman–Crippen MR) is 79.3 cm³/mol. The summed E-state index contributed by atoms with van der Waals surface area (Å²) in [4.78, 5) is 0.173. The third-order valence-electron chi connectivity index (χ3n) is 2.34. The van der Waals surface area contributed by atoms with Gasteiger partial charge in [0.1, 0.15) is 0 Å². The van der Waals surface area contributed by atoms with Crippen LogP contribution in [0.25, 0.3) is 0 Å². The number of hydrogen-bond donors (Lipinski definition) is 0. The lowest BCUT2D eigenvalue weighted by atomic mass is 10.4. The maximum atomic E-state index is 12.4. The topological polar surface area (TPSA) is 37.4 Å². The summed E-state index contributed by atoms with van der Waals surface area (Å²) >= 11 is 14.9. The molecule has 0 atom stereocenters. The van der Waals surface area contributed by atoms with Crippen LogP contribution in [0.1, 0.15) is 13.3 Å². The quantitative estimate of drug-likeness (QED) is 0.710. The Hall–Kier alpha value is 0.190. The van der Waals surface area contributed by atoms with E-state index in [0.717, 1.165) is 6.42 Å². The predicted octanol–water partition coefficient (Wildman–Crippen LogP) is 3.79. The zero-order chi connectivity index (χ0) is 13.8. The fraction of sp³-hybridized carbons (Fsp3) is 0.455. The van der Waals surface area contributed by atoms with E-state index in [1.54, 1.807) is 0 Å². The first-order valence-electron chi connectivity index (χ1n) is 5.44. The molecule has 7 heteroatoms. The summed E-state index contributed by atoms with van der Waals surface area (Å²) in [6.45, 7) is 2.84. The van der Waals surface area contributed by atoms with Crippen LogP contribution in [0.2, 0.25) is 10.0 Å². The molecule has 0 radical (unpaired) electrons. The van der Waals surface area contributed by atoms with Crippen LogP contribution in [0, 0.1) is 0 Å². The van der Waals surface area contributed by atoms with Crippen molar-refractivity contribution in [3.63, 3.8) is 0 Å². The van der Waals surface area contributed by atoms with Gasteiger partial charge in [0.2, 0.25) is 10.0 Å². The van der Waals surface area contributed by atoms with Gasteiger partial charge in [-0.25, -0.2) is 8.42 Å². The minimum Gasteiger partial charge on any atom is -0.207 e. The van der Waals surface area contributed by atoms with Crippen molar-refractivity contribution in [2.45, 2.75) is 18.2 Å². The molecule has 0 aliphatic carbocycles. The van der Waals surface area contributed by atoms with Crippen molar-refractivity contribution in [2.75, 3.05) is 18.4 Å². The Labute approximate surface area is 126 Å². The Balaban J connectivity index is 3.13. The van der Waals surface area contributed by atoms with Crippen LogP contribution < -0.4 is 0 Å². The van der Waals surface area contributed by atoms with Gasteiger partial charge in [0.15, 0.2) is 0 Å². The molecule has 0 aliphatic heterocycles. The second kappa shape index (κ2) is 7.10. The van der Waals surface area contributed by atoms with E-state index in [1.165, 1.54) is 22.5 Å². The van der Waals surface area contributed by atoms with Crippen molar-refractivity contribution < 1.29 is 8.42 Å². The summed E-state index contributed by atoms with van der Waals surface area (Å²) in [5.41, 5.74) is 0. The lowest BCUT2D eigenvalue weighted by Gasteiger charge is -2.20. The van der Waals surface area contributed by atoms with E-state index in [2.05, 4.69) is 15.9 Å². The van der Waals surface area contributed by atoms with Gasteiger partial charge < -0.3 is 0 Å². The lowest BCUT2D eigenvalue weighted by Crippen LogP contribution is -2.33. The molecule has 0 fully saturated rings. The summed E-state index contributed by atoms with van der Waals surface area (Å²) in [6, 6.07) is 4.35. The van der Waals surface area contributed by atoms with Gasteiger partial charge in [-0.05, 0) is 24.6 Å². The average Bonchev–Trinajstić information content (AvgIpc) is 2.32. The number of hydrogen-bond acceptors (Lipinski definition) is 2. The Morgan fingerprint density at radius 1 is 1.22 bits per heavy atom. The Morgan fingerprint density at radius 2 is 1.89 bits per heavy atom. The van der Waals surface area contributed by atoms with E-state index in [0.29, 0.717) is 23.4 Å². The van der Waals surface area contributed by atoms with Gasteiger partial charge >= 0.3 is 0 Å². The normalized spacial score (nSPS) is 12.1. The molecular weight excluding hydrogens is 361 g/mol. The van der Waals surface area contributed by atoms with Crippen molar-refractivity contribution in [1.82, 2.24) is 4.31 Å². The lowest BCUT2D eigenvalue weighted by molar-refractivity contribution is 0.430. The molecule has 1 aromatic rings. The molecule has 0 bridgehead atoms. The van der Waals surface area contributed by atoms with Crippen molar-refractivity contribution in [2.24, 2.45) is 0 Å². The summed E-state index contributed by atoms with van der Waals surface area (Å²) in [5.74, 6) is 0. The van der Waals surface area contributed by atoms with Crippen LogP contribution in [-0.2, 0) is 10.0 Å². The Morgan fingerprint density at radius 3 is 2.39 bits per heavy atom. The number of sulfonamides is 1. The fourth-order valence-corrected chi connectivity index (χ4v) is 4.07. The van der Waals surface area contributed by atoms with Gasteiger partial charge in [-0.3, -0.25) is 0 Å². The fourth-order valence-electron chi connectivity index (χ4n) is 1.48. The molecule has 0 saturated heterocycles. The Kier molecular flexibility index (Phi) is 6.41. The zero-order valence-corrected chi connectivity index (χ0v) is 13.8. The number of benzene rings is 1. The van der Waals surface area contributed by atoms with Crippen LogP contribution in [0.5, 0.6) is 0 Å². The molecule has 0 N–H and O–H groups in total. The van der Waals surface area contributed by atoms with Gasteiger partial charge in [-0.2, -0.15) is 4.31 Å². The molecular formula is C11H14BrCl2NO2S. The van der Waals surface area contributed by atoms with Gasteiger partial charge in [0, 0.05) is 18.4 Å². The van der Waals surface area contributed by atoms with Crippen molar-refractivity contribution in [1.29, 1.82) is 0 Å². The molecule has 0 aliphatic rings. The molecule has 18 heavy (non-hydrogen) atoms. The van der Waals surface area contributed by atoms with E-state index < -0.39 is 10.0 Å². The SMILES string of the molecule is CCCN(CCBr)S(=O)(=O)c1ccc(Cl)c(Cl)c1. The average molecular weight is 375 g/mol. The third-order valence-corrected chi connectivity index (χ3v) is 5.32. The maximum absolute atomic E-state index is 12.4. The van der Waals surface area contributed by atoms with E-state index in [1.807, 2.05) is 6.92 Å². The molecule has 1 rings (SSSR count). The van der Waals surface area contributed by atoms with Crippen LogP contribution in [0.3, 0.4) is 0 Å². The monoisotopic (exact) mass is 373 g/mol. The number of rotatable bonds is 6. The van der Waals surface area contributed by atoms with E-state index in [9.17, 15) is 8.42 Å². The minimum absolute atomic E-state index is 0.173. The number of alkyl halides is 1. The van der Waals surface area contributed by atoms with E-state index in [-0.39, 0.29) is 9.92 Å². The number of nitrogens with zero attached hydrogens (tertiary/aromatic N) is 1. The zero-order valence-electron chi connectivity index (χ0n) is 9.87. The summed E-state index contributed by atoms with van der Waals surface area (Å²) in [7, 11) is -3.50. The molecule has 0 aromatic heterocycles. The highest BCUT2D eigenvalue weighted by atomic mass is 79.9. The van der Waals surface area contributed by atoms with Crippen LogP contribution in [0.15, 0.2) is 23.1 Å². The molecule has 3 nitrogen and oxygen atoms in total. The first-order valence-corrected chi connectivity index (χ1v) is 8.76. The third kappa shape index (κ3) is 3.84. The van der Waals surface area contributed by atoms with E-state index in [4.69, 9.17) is 23.2 Å². The second-order valence-corrected chi connectivity index (χ2v) is 7.21. The first-order chi connectivity index (χ1) is 8.43. The smallest absolute Gasteiger partial charge is 0.207 e. The highest BCUT2D eigenvalue weighted by molar-refractivity contribution is 9.09. The standard InChI is InChI=1S/C11H14BrCl2NO2S/c1-2-6-15(7-5-12)18(16,17)9-3-4-10(13)11(14)8-9/h3-4,8H,2,5-7H2,1H3. The van der Waals surface area contributed by atoms with Gasteiger partial charge in [0.05, 0.1) is 14.9 Å². The summed E-state index contributed by atoms with van der Waals surface area (Å²) in [5, 5.41) is 1.18. The van der Waals surface area contributed by atoms with Crippen LogP contribution in [0.4, 0.5) is 0 Å². The van der Waals surface area contributed by atoms with E-state index >= 15 is 0 Å². The van der Waals surface area contributed by atoms with Crippen molar-refractivity contribution in [3.8, 4) is 0 Å². The van der Waals surface area contributed by atoms with Crippen LogP contribution >= 0.6 is 39.1 Å². The highest BCUT2D eigenvalue weighted by Gasteiger charge is 2.23. The highest BCUT2D eigenvalue weighted by Crippen LogP contribution is 2.26. The molecule has 1 aromatic carbocycles. The molecule has 0 amide bonds. The number of halogens is 3. The molecule has 0 spiro atoms. The van der Waals surface area contributed by atoms with Gasteiger partial charge in [-0.15, -0.1) is 0 Å². The largest absolute Gasteiger partial charge is 0.243 e. The van der Waals surface area contributed by atoms with Crippen LogP contribution in [-0.4, -0.2) is 31.1 Å². The van der Waals surface area contributed by atoms with Gasteiger partial charge in [-0.1, -0.05) is 46.1 Å². The summed E-state index contributed by atoms with van der Waals surface area (Å²) in [6.07, 6.45) is 0.757. The first kappa shape index (κ1) is 16.2. The molecule has 0 unspecified atom stereocenters. The second-order valence-electron chi connectivity index (χ2n) is 3.67. The van der Waals surface area contributed by atoms with Gasteiger partial charge in [0.25, 0.3) is 0 Å². The Bertz CT molecular complexity index is 502. The van der Waals surface area contributed by atoms with Crippen molar-refractivity contribution >= 4 is 49.2 Å². The minimum atomic E-state index is -3.50. The van der Waals surface area contributed by atoms with Crippen molar-refractivity contribution in [3.05, 3.63) is 28.2 Å². The summed E-state index contributed by atoms with van der Waals surface area (Å²) < 4.78 is 26.2. The maximum Gasteiger partial charge on any atom is 0.243 e. The molecule has 0 saturated carbocycles. The molecule has 102 valence electrons.